The maximum absolute atomic E-state index is 14.5. The minimum absolute atomic E-state index is 0.157. The summed E-state index contributed by atoms with van der Waals surface area (Å²) in [6.45, 7) is 1.85. The lowest BCUT2D eigenvalue weighted by molar-refractivity contribution is -0.274. The molecule has 0 aliphatic heterocycles. The van der Waals surface area contributed by atoms with Gasteiger partial charge in [-0.25, -0.2) is 14.1 Å². The summed E-state index contributed by atoms with van der Waals surface area (Å²) < 4.78 is 55.5. The van der Waals surface area contributed by atoms with Gasteiger partial charge < -0.3 is 9.57 Å². The predicted octanol–water partition coefficient (Wildman–Crippen LogP) is 3.09. The van der Waals surface area contributed by atoms with Crippen LogP contribution >= 0.6 is 0 Å². The third-order valence-electron chi connectivity index (χ3n) is 2.57. The fraction of sp³-hybridized carbons (Fsp3) is 0.308. The Morgan fingerprint density at radius 1 is 1.30 bits per heavy atom. The molecular formula is C13H12F4N4O2. The summed E-state index contributed by atoms with van der Waals surface area (Å²) in [5.41, 5.74) is 0.0619. The van der Waals surface area contributed by atoms with Crippen molar-refractivity contribution >= 4 is 5.71 Å². The molecule has 124 valence electrons. The quantitative estimate of drug-likeness (QED) is 0.463. The molecule has 1 aromatic heterocycles. The van der Waals surface area contributed by atoms with E-state index in [9.17, 15) is 17.6 Å². The van der Waals surface area contributed by atoms with Crippen LogP contribution in [-0.4, -0.2) is 33.4 Å². The number of hydrogen-bond donors (Lipinski definition) is 0. The molecule has 1 aromatic carbocycles. The molecule has 0 saturated carbocycles. The fourth-order valence-corrected chi connectivity index (χ4v) is 1.65. The van der Waals surface area contributed by atoms with Crippen LogP contribution in [0.5, 0.6) is 5.75 Å². The van der Waals surface area contributed by atoms with Gasteiger partial charge in [-0.2, -0.15) is 5.10 Å². The number of alkyl halides is 4. The SMILES string of the molecule is CCON=C(c1ccc(OC(F)(F)F)cc1)C(F)n1cncn1. The van der Waals surface area contributed by atoms with Gasteiger partial charge in [0, 0.05) is 5.56 Å². The monoisotopic (exact) mass is 332 g/mol. The molecule has 0 aliphatic carbocycles. The van der Waals surface area contributed by atoms with Gasteiger partial charge in [-0.1, -0.05) is 5.16 Å². The Bertz CT molecular complexity index is 641. The summed E-state index contributed by atoms with van der Waals surface area (Å²) in [5, 5.41) is 7.32. The topological polar surface area (TPSA) is 61.5 Å². The smallest absolute Gasteiger partial charge is 0.406 e. The highest BCUT2D eigenvalue weighted by Gasteiger charge is 2.31. The van der Waals surface area contributed by atoms with Gasteiger partial charge in [0.1, 0.15) is 30.7 Å². The molecule has 0 fully saturated rings. The highest BCUT2D eigenvalue weighted by Crippen LogP contribution is 2.24. The van der Waals surface area contributed by atoms with Crippen molar-refractivity contribution in [1.29, 1.82) is 0 Å². The lowest BCUT2D eigenvalue weighted by Crippen LogP contribution is -2.19. The van der Waals surface area contributed by atoms with E-state index in [2.05, 4.69) is 20.0 Å². The van der Waals surface area contributed by atoms with Crippen LogP contribution in [-0.2, 0) is 4.84 Å². The van der Waals surface area contributed by atoms with Crippen molar-refractivity contribution in [2.45, 2.75) is 19.6 Å². The van der Waals surface area contributed by atoms with Crippen molar-refractivity contribution in [3.8, 4) is 5.75 Å². The molecule has 6 nitrogen and oxygen atoms in total. The zero-order valence-electron chi connectivity index (χ0n) is 11.9. The second kappa shape index (κ2) is 7.07. The fourth-order valence-electron chi connectivity index (χ4n) is 1.65. The van der Waals surface area contributed by atoms with Gasteiger partial charge in [0.15, 0.2) is 0 Å². The lowest BCUT2D eigenvalue weighted by atomic mass is 10.1. The van der Waals surface area contributed by atoms with Crippen molar-refractivity contribution in [2.24, 2.45) is 5.16 Å². The number of aromatic nitrogens is 3. The highest BCUT2D eigenvalue weighted by atomic mass is 19.4. The van der Waals surface area contributed by atoms with E-state index in [1.54, 1.807) is 6.92 Å². The number of hydrogen-bond acceptors (Lipinski definition) is 5. The molecule has 0 saturated heterocycles. The summed E-state index contributed by atoms with van der Waals surface area (Å²) in [6, 6.07) is 4.58. The van der Waals surface area contributed by atoms with Gasteiger partial charge in [0.05, 0.1) is 0 Å². The Kier molecular flexibility index (Phi) is 5.14. The standard InChI is InChI=1S/C13H12F4N4O2/c1-2-22-20-11(12(14)21-8-18-7-19-21)9-3-5-10(6-4-9)23-13(15,16)17/h3-8,12H,2H2,1H3. The maximum atomic E-state index is 14.5. The molecule has 0 N–H and O–H groups in total. The largest absolute Gasteiger partial charge is 0.573 e. The Morgan fingerprint density at radius 3 is 2.52 bits per heavy atom. The zero-order chi connectivity index (χ0) is 16.9. The zero-order valence-corrected chi connectivity index (χ0v) is 11.9. The predicted molar refractivity (Wildman–Crippen MR) is 71.5 cm³/mol. The van der Waals surface area contributed by atoms with Crippen molar-refractivity contribution in [2.75, 3.05) is 6.61 Å². The second-order valence-electron chi connectivity index (χ2n) is 4.18. The summed E-state index contributed by atoms with van der Waals surface area (Å²) in [5.74, 6) is -0.423. The minimum Gasteiger partial charge on any atom is -0.406 e. The first kappa shape index (κ1) is 16.7. The average molecular weight is 332 g/mol. The van der Waals surface area contributed by atoms with E-state index >= 15 is 0 Å². The van der Waals surface area contributed by atoms with Gasteiger partial charge >= 0.3 is 6.36 Å². The van der Waals surface area contributed by atoms with Crippen LogP contribution < -0.4 is 4.74 Å². The molecule has 1 atom stereocenters. The van der Waals surface area contributed by atoms with E-state index in [4.69, 9.17) is 4.84 Å². The summed E-state index contributed by atoms with van der Waals surface area (Å²) in [6.07, 6.45) is -4.32. The first-order chi connectivity index (χ1) is 10.9. The second-order valence-corrected chi connectivity index (χ2v) is 4.18. The molecule has 23 heavy (non-hydrogen) atoms. The molecule has 2 aromatic rings. The number of rotatable bonds is 6. The third-order valence-corrected chi connectivity index (χ3v) is 2.57. The van der Waals surface area contributed by atoms with Crippen LogP contribution in [0.15, 0.2) is 42.1 Å². The molecule has 0 aliphatic rings. The summed E-state index contributed by atoms with van der Waals surface area (Å²) in [7, 11) is 0. The van der Waals surface area contributed by atoms with Gasteiger partial charge in [0.25, 0.3) is 0 Å². The number of oxime groups is 1. The van der Waals surface area contributed by atoms with Crippen LogP contribution in [0.3, 0.4) is 0 Å². The third kappa shape index (κ3) is 4.66. The molecule has 1 heterocycles. The van der Waals surface area contributed by atoms with E-state index in [-0.39, 0.29) is 17.9 Å². The number of nitrogens with zero attached hydrogens (tertiary/aromatic N) is 4. The number of benzene rings is 1. The normalized spacial score (nSPS) is 13.7. The first-order valence-corrected chi connectivity index (χ1v) is 6.45. The van der Waals surface area contributed by atoms with Gasteiger partial charge in [-0.3, -0.25) is 0 Å². The van der Waals surface area contributed by atoms with Gasteiger partial charge in [-0.05, 0) is 31.2 Å². The minimum atomic E-state index is -4.80. The van der Waals surface area contributed by atoms with E-state index in [0.29, 0.717) is 0 Å². The molecule has 1 unspecified atom stereocenters. The molecule has 0 bridgehead atoms. The molecule has 0 amide bonds. The number of ether oxygens (including phenoxy) is 1. The molecule has 2 rings (SSSR count). The van der Waals surface area contributed by atoms with Crippen LogP contribution in [0.4, 0.5) is 17.6 Å². The maximum Gasteiger partial charge on any atom is 0.573 e. The van der Waals surface area contributed by atoms with Crippen LogP contribution in [0.2, 0.25) is 0 Å². The Morgan fingerprint density at radius 2 is 2.00 bits per heavy atom. The Balaban J connectivity index is 2.26. The highest BCUT2D eigenvalue weighted by molar-refractivity contribution is 6.02. The average Bonchev–Trinajstić information content (AvgIpc) is 3.01. The van der Waals surface area contributed by atoms with Crippen LogP contribution in [0.1, 0.15) is 18.8 Å². The molecule has 10 heteroatoms. The van der Waals surface area contributed by atoms with Gasteiger partial charge in [0.2, 0.25) is 6.30 Å². The van der Waals surface area contributed by atoms with E-state index in [1.165, 1.54) is 12.1 Å². The van der Waals surface area contributed by atoms with Gasteiger partial charge in [-0.15, -0.1) is 13.2 Å². The summed E-state index contributed by atoms with van der Waals surface area (Å²) >= 11 is 0. The number of halogens is 4. The first-order valence-electron chi connectivity index (χ1n) is 6.45. The van der Waals surface area contributed by atoms with Crippen molar-refractivity contribution in [1.82, 2.24) is 14.8 Å². The Labute approximate surface area is 128 Å². The van der Waals surface area contributed by atoms with E-state index in [1.807, 2.05) is 0 Å². The molecule has 0 spiro atoms. The molecular weight excluding hydrogens is 320 g/mol. The lowest BCUT2D eigenvalue weighted by Gasteiger charge is -2.13. The van der Waals surface area contributed by atoms with Crippen molar-refractivity contribution in [3.63, 3.8) is 0 Å². The van der Waals surface area contributed by atoms with Crippen LogP contribution in [0, 0.1) is 0 Å². The van der Waals surface area contributed by atoms with Crippen LogP contribution in [0.25, 0.3) is 0 Å². The van der Waals surface area contributed by atoms with E-state index in [0.717, 1.165) is 29.5 Å². The summed E-state index contributed by atoms with van der Waals surface area (Å²) in [4.78, 5) is 8.48. The van der Waals surface area contributed by atoms with E-state index < -0.39 is 18.4 Å². The van der Waals surface area contributed by atoms with Crippen molar-refractivity contribution < 1.29 is 27.1 Å². The Hall–Kier alpha value is -2.65. The van der Waals surface area contributed by atoms with Crippen molar-refractivity contribution in [3.05, 3.63) is 42.5 Å². The molecule has 0 radical (unpaired) electrons.